The van der Waals surface area contributed by atoms with Crippen LogP contribution in [0.25, 0.3) is 0 Å². The Morgan fingerprint density at radius 1 is 1.27 bits per heavy atom. The van der Waals surface area contributed by atoms with Crippen molar-refractivity contribution in [1.82, 2.24) is 10.3 Å². The van der Waals surface area contributed by atoms with Crippen LogP contribution in [0.1, 0.15) is 25.5 Å². The van der Waals surface area contributed by atoms with E-state index >= 15 is 0 Å². The van der Waals surface area contributed by atoms with E-state index in [0.29, 0.717) is 5.92 Å². The zero-order valence-electron chi connectivity index (χ0n) is 9.53. The molecule has 2 heterocycles. The summed E-state index contributed by atoms with van der Waals surface area (Å²) in [6.07, 6.45) is 2.00. The van der Waals surface area contributed by atoms with Crippen LogP contribution in [0.4, 0.5) is 5.69 Å². The molecule has 2 rings (SSSR count). The van der Waals surface area contributed by atoms with Crippen LogP contribution >= 0.6 is 0 Å². The Balaban J connectivity index is 2.08. The first-order valence-corrected chi connectivity index (χ1v) is 5.69. The summed E-state index contributed by atoms with van der Waals surface area (Å²) in [6.45, 7) is 8.67. The van der Waals surface area contributed by atoms with Crippen LogP contribution in [0, 0.1) is 0 Å². The SMILES string of the molecule is CC(C)c1ccc(N2CCNCC2)cn1. The fourth-order valence-corrected chi connectivity index (χ4v) is 1.85. The summed E-state index contributed by atoms with van der Waals surface area (Å²) >= 11 is 0. The Hall–Kier alpha value is -1.09. The Labute approximate surface area is 91.5 Å². The van der Waals surface area contributed by atoms with Crippen LogP contribution in [0.15, 0.2) is 18.3 Å². The quantitative estimate of drug-likeness (QED) is 0.795. The van der Waals surface area contributed by atoms with E-state index in [1.165, 1.54) is 11.4 Å². The van der Waals surface area contributed by atoms with Crippen molar-refractivity contribution in [2.75, 3.05) is 31.1 Å². The highest BCUT2D eigenvalue weighted by molar-refractivity contribution is 5.45. The zero-order valence-corrected chi connectivity index (χ0v) is 9.53. The number of aromatic nitrogens is 1. The summed E-state index contributed by atoms with van der Waals surface area (Å²) in [4.78, 5) is 6.87. The molecule has 1 aromatic rings. The summed E-state index contributed by atoms with van der Waals surface area (Å²) in [5, 5.41) is 3.35. The minimum atomic E-state index is 0.516. The third kappa shape index (κ3) is 2.48. The third-order valence-electron chi connectivity index (χ3n) is 2.84. The lowest BCUT2D eigenvalue weighted by molar-refractivity contribution is 0.588. The second-order valence-corrected chi connectivity index (χ2v) is 4.33. The Bertz CT molecular complexity index is 299. The van der Waals surface area contributed by atoms with Crippen LogP contribution in [0.5, 0.6) is 0 Å². The first kappa shape index (κ1) is 10.4. The number of rotatable bonds is 2. The van der Waals surface area contributed by atoms with Crippen molar-refractivity contribution in [2.45, 2.75) is 19.8 Å². The van der Waals surface area contributed by atoms with Crippen molar-refractivity contribution in [2.24, 2.45) is 0 Å². The maximum atomic E-state index is 4.49. The van der Waals surface area contributed by atoms with E-state index < -0.39 is 0 Å². The van der Waals surface area contributed by atoms with Crippen molar-refractivity contribution in [3.05, 3.63) is 24.0 Å². The van der Waals surface area contributed by atoms with Crippen LogP contribution in [-0.4, -0.2) is 31.2 Å². The molecule has 3 nitrogen and oxygen atoms in total. The summed E-state index contributed by atoms with van der Waals surface area (Å²) in [5.41, 5.74) is 2.43. The molecule has 0 saturated carbocycles. The molecule has 1 aliphatic heterocycles. The van der Waals surface area contributed by atoms with Crippen molar-refractivity contribution < 1.29 is 0 Å². The van der Waals surface area contributed by atoms with E-state index in [2.05, 4.69) is 41.2 Å². The van der Waals surface area contributed by atoms with Gasteiger partial charge in [-0.05, 0) is 18.1 Å². The highest BCUT2D eigenvalue weighted by atomic mass is 15.2. The van der Waals surface area contributed by atoms with Crippen LogP contribution < -0.4 is 10.2 Å². The van der Waals surface area contributed by atoms with E-state index in [1.807, 2.05) is 6.20 Å². The number of pyridine rings is 1. The van der Waals surface area contributed by atoms with Gasteiger partial charge in [-0.2, -0.15) is 0 Å². The molecule has 0 atom stereocenters. The number of nitrogens with zero attached hydrogens (tertiary/aromatic N) is 2. The molecule has 3 heteroatoms. The predicted molar refractivity (Wildman–Crippen MR) is 63.4 cm³/mol. The lowest BCUT2D eigenvalue weighted by atomic mass is 10.1. The van der Waals surface area contributed by atoms with Crippen LogP contribution in [0.2, 0.25) is 0 Å². The van der Waals surface area contributed by atoms with Gasteiger partial charge in [0.05, 0.1) is 11.9 Å². The molecule has 0 unspecified atom stereocenters. The largest absolute Gasteiger partial charge is 0.368 e. The number of nitrogens with one attached hydrogen (secondary N) is 1. The first-order chi connectivity index (χ1) is 7.27. The van der Waals surface area contributed by atoms with Gasteiger partial charge in [-0.25, -0.2) is 0 Å². The van der Waals surface area contributed by atoms with E-state index in [9.17, 15) is 0 Å². The fraction of sp³-hybridized carbons (Fsp3) is 0.583. The fourth-order valence-electron chi connectivity index (χ4n) is 1.85. The highest BCUT2D eigenvalue weighted by Gasteiger charge is 2.10. The molecule has 1 aliphatic rings. The summed E-state index contributed by atoms with van der Waals surface area (Å²) in [6, 6.07) is 4.33. The summed E-state index contributed by atoms with van der Waals surface area (Å²) in [5.74, 6) is 0.516. The average molecular weight is 205 g/mol. The second-order valence-electron chi connectivity index (χ2n) is 4.33. The van der Waals surface area contributed by atoms with Gasteiger partial charge in [0, 0.05) is 31.9 Å². The molecular formula is C12H19N3. The zero-order chi connectivity index (χ0) is 10.7. The van der Waals surface area contributed by atoms with Crippen molar-refractivity contribution in [1.29, 1.82) is 0 Å². The van der Waals surface area contributed by atoms with Crippen molar-refractivity contribution in [3.63, 3.8) is 0 Å². The van der Waals surface area contributed by atoms with Gasteiger partial charge in [-0.3, -0.25) is 4.98 Å². The van der Waals surface area contributed by atoms with Crippen LogP contribution in [0.3, 0.4) is 0 Å². The normalized spacial score (nSPS) is 17.1. The van der Waals surface area contributed by atoms with Gasteiger partial charge in [0.15, 0.2) is 0 Å². The molecule has 1 fully saturated rings. The van der Waals surface area contributed by atoms with Gasteiger partial charge in [-0.15, -0.1) is 0 Å². The monoisotopic (exact) mass is 205 g/mol. The lowest BCUT2D eigenvalue weighted by Crippen LogP contribution is -2.43. The Morgan fingerprint density at radius 3 is 2.53 bits per heavy atom. The number of hydrogen-bond acceptors (Lipinski definition) is 3. The molecule has 1 saturated heterocycles. The molecular weight excluding hydrogens is 186 g/mol. The topological polar surface area (TPSA) is 28.2 Å². The van der Waals surface area contributed by atoms with Gasteiger partial charge < -0.3 is 10.2 Å². The maximum Gasteiger partial charge on any atom is 0.0553 e. The van der Waals surface area contributed by atoms with E-state index in [1.54, 1.807) is 0 Å². The maximum absolute atomic E-state index is 4.49. The number of piperazine rings is 1. The molecule has 1 aromatic heterocycles. The molecule has 0 aliphatic carbocycles. The molecule has 0 spiro atoms. The lowest BCUT2D eigenvalue weighted by Gasteiger charge is -2.29. The molecule has 0 amide bonds. The van der Waals surface area contributed by atoms with Crippen molar-refractivity contribution in [3.8, 4) is 0 Å². The van der Waals surface area contributed by atoms with Gasteiger partial charge in [0.2, 0.25) is 0 Å². The van der Waals surface area contributed by atoms with Crippen molar-refractivity contribution >= 4 is 5.69 Å². The standard InChI is InChI=1S/C12H19N3/c1-10(2)12-4-3-11(9-14-12)15-7-5-13-6-8-15/h3-4,9-10,13H,5-8H2,1-2H3. The highest BCUT2D eigenvalue weighted by Crippen LogP contribution is 2.17. The van der Waals surface area contributed by atoms with E-state index in [4.69, 9.17) is 0 Å². The first-order valence-electron chi connectivity index (χ1n) is 5.69. The smallest absolute Gasteiger partial charge is 0.0553 e. The minimum Gasteiger partial charge on any atom is -0.368 e. The molecule has 0 radical (unpaired) electrons. The van der Waals surface area contributed by atoms with Gasteiger partial charge >= 0.3 is 0 Å². The van der Waals surface area contributed by atoms with Crippen LogP contribution in [-0.2, 0) is 0 Å². The minimum absolute atomic E-state index is 0.516. The second kappa shape index (κ2) is 4.62. The average Bonchev–Trinajstić information content (AvgIpc) is 2.30. The number of anilines is 1. The Morgan fingerprint density at radius 2 is 2.00 bits per heavy atom. The Kier molecular flexibility index (Phi) is 3.21. The predicted octanol–water partition coefficient (Wildman–Crippen LogP) is 1.61. The summed E-state index contributed by atoms with van der Waals surface area (Å²) < 4.78 is 0. The van der Waals surface area contributed by atoms with E-state index in [-0.39, 0.29) is 0 Å². The molecule has 82 valence electrons. The molecule has 1 N–H and O–H groups in total. The van der Waals surface area contributed by atoms with E-state index in [0.717, 1.165) is 26.2 Å². The molecule has 0 aromatic carbocycles. The molecule has 0 bridgehead atoms. The van der Waals surface area contributed by atoms with Gasteiger partial charge in [0.25, 0.3) is 0 Å². The summed E-state index contributed by atoms with van der Waals surface area (Å²) in [7, 11) is 0. The van der Waals surface area contributed by atoms with Gasteiger partial charge in [-0.1, -0.05) is 13.8 Å². The third-order valence-corrected chi connectivity index (χ3v) is 2.84. The van der Waals surface area contributed by atoms with Gasteiger partial charge in [0.1, 0.15) is 0 Å². The number of hydrogen-bond donors (Lipinski definition) is 1. The molecule has 15 heavy (non-hydrogen) atoms.